The topological polar surface area (TPSA) is 47.4 Å². The number of hydrogen-bond donors (Lipinski definition) is 0. The molecular weight excluding hydrogens is 266 g/mol. The van der Waals surface area contributed by atoms with Crippen LogP contribution in [0.1, 0.15) is 49.7 Å². The van der Waals surface area contributed by atoms with Gasteiger partial charge in [0.1, 0.15) is 0 Å². The summed E-state index contributed by atoms with van der Waals surface area (Å²) in [6.07, 6.45) is 4.76. The highest BCUT2D eigenvalue weighted by Crippen LogP contribution is 2.38. The molecule has 0 aromatic carbocycles. The quantitative estimate of drug-likeness (QED) is 0.834. The number of carbonyl (C=O) groups excluding carboxylic acids is 1. The molecule has 116 valence electrons. The number of likely N-dealkylation sites (tertiary alicyclic amines) is 1. The van der Waals surface area contributed by atoms with Crippen molar-refractivity contribution in [2.45, 2.75) is 52.1 Å². The summed E-state index contributed by atoms with van der Waals surface area (Å²) in [5.41, 5.74) is 1.86. The molecule has 0 radical (unpaired) electrons. The van der Waals surface area contributed by atoms with E-state index in [1.807, 2.05) is 9.58 Å². The van der Waals surface area contributed by atoms with Crippen LogP contribution in [-0.4, -0.2) is 45.9 Å². The van der Waals surface area contributed by atoms with E-state index in [4.69, 9.17) is 4.74 Å². The van der Waals surface area contributed by atoms with Crippen molar-refractivity contribution in [1.29, 1.82) is 0 Å². The van der Waals surface area contributed by atoms with Gasteiger partial charge in [-0.15, -0.1) is 0 Å². The average Bonchev–Trinajstić information content (AvgIpc) is 2.75. The van der Waals surface area contributed by atoms with E-state index in [1.54, 1.807) is 6.20 Å². The molecule has 2 aliphatic heterocycles. The minimum Gasteiger partial charge on any atom is -0.376 e. The van der Waals surface area contributed by atoms with Crippen molar-refractivity contribution in [2.75, 3.05) is 19.8 Å². The van der Waals surface area contributed by atoms with Crippen LogP contribution in [0.15, 0.2) is 6.20 Å². The Morgan fingerprint density at radius 1 is 1.48 bits per heavy atom. The predicted molar refractivity (Wildman–Crippen MR) is 80.3 cm³/mol. The van der Waals surface area contributed by atoms with E-state index in [0.717, 1.165) is 43.6 Å². The Hall–Kier alpha value is -1.36. The largest absolute Gasteiger partial charge is 0.376 e. The molecule has 0 unspecified atom stereocenters. The molecule has 2 fully saturated rings. The van der Waals surface area contributed by atoms with Crippen LogP contribution in [0.4, 0.5) is 0 Å². The average molecular weight is 291 g/mol. The highest BCUT2D eigenvalue weighted by atomic mass is 16.5. The maximum absolute atomic E-state index is 12.8. The van der Waals surface area contributed by atoms with Gasteiger partial charge in [0.25, 0.3) is 5.91 Å². The Morgan fingerprint density at radius 2 is 2.24 bits per heavy atom. The first-order valence-electron chi connectivity index (χ1n) is 8.02. The standard InChI is InChI=1S/C16H25N3O2/c1-4-14-13(9-17-19(14)7-5-12(2)3)15(20)18-8-6-16(18)10-21-11-16/h9,12H,4-8,10-11H2,1-3H3. The maximum atomic E-state index is 12.8. The van der Waals surface area contributed by atoms with Crippen molar-refractivity contribution < 1.29 is 9.53 Å². The van der Waals surface area contributed by atoms with E-state index in [-0.39, 0.29) is 11.4 Å². The maximum Gasteiger partial charge on any atom is 0.257 e. The van der Waals surface area contributed by atoms with Gasteiger partial charge in [-0.2, -0.15) is 5.10 Å². The summed E-state index contributed by atoms with van der Waals surface area (Å²) in [6.45, 7) is 9.65. The highest BCUT2D eigenvalue weighted by molar-refractivity contribution is 5.96. The molecule has 0 atom stereocenters. The molecule has 2 aliphatic rings. The minimum atomic E-state index is 0.00211. The van der Waals surface area contributed by atoms with Crippen molar-refractivity contribution >= 4 is 5.91 Å². The van der Waals surface area contributed by atoms with Gasteiger partial charge in [-0.05, 0) is 25.2 Å². The molecule has 2 saturated heterocycles. The van der Waals surface area contributed by atoms with E-state index in [0.29, 0.717) is 19.1 Å². The molecule has 5 heteroatoms. The number of ether oxygens (including phenoxy) is 1. The van der Waals surface area contributed by atoms with Gasteiger partial charge in [0.05, 0.1) is 36.2 Å². The second-order valence-corrected chi connectivity index (χ2v) is 6.69. The zero-order valence-electron chi connectivity index (χ0n) is 13.3. The Bertz CT molecular complexity index is 526. The number of carbonyl (C=O) groups is 1. The summed E-state index contributed by atoms with van der Waals surface area (Å²) in [5.74, 6) is 0.779. The molecule has 3 rings (SSSR count). The number of amides is 1. The molecule has 0 bridgehead atoms. The van der Waals surface area contributed by atoms with Gasteiger partial charge < -0.3 is 9.64 Å². The third-order valence-corrected chi connectivity index (χ3v) is 4.79. The van der Waals surface area contributed by atoms with Crippen LogP contribution in [0.3, 0.4) is 0 Å². The summed E-state index contributed by atoms with van der Waals surface area (Å²) in [7, 11) is 0. The first kappa shape index (κ1) is 14.6. The van der Waals surface area contributed by atoms with Crippen LogP contribution in [-0.2, 0) is 17.7 Å². The molecule has 1 aromatic rings. The van der Waals surface area contributed by atoms with Crippen molar-refractivity contribution in [1.82, 2.24) is 14.7 Å². The van der Waals surface area contributed by atoms with Gasteiger partial charge in [0.15, 0.2) is 0 Å². The number of nitrogens with zero attached hydrogens (tertiary/aromatic N) is 3. The zero-order chi connectivity index (χ0) is 15.0. The first-order chi connectivity index (χ1) is 10.1. The van der Waals surface area contributed by atoms with Crippen LogP contribution < -0.4 is 0 Å². The fourth-order valence-electron chi connectivity index (χ4n) is 3.18. The van der Waals surface area contributed by atoms with Crippen molar-refractivity contribution in [3.63, 3.8) is 0 Å². The Kier molecular flexibility index (Phi) is 3.78. The van der Waals surface area contributed by atoms with Crippen LogP contribution in [0.2, 0.25) is 0 Å². The lowest BCUT2D eigenvalue weighted by Gasteiger charge is -2.57. The van der Waals surface area contributed by atoms with Crippen molar-refractivity contribution in [2.24, 2.45) is 5.92 Å². The van der Waals surface area contributed by atoms with Crippen LogP contribution in [0, 0.1) is 5.92 Å². The molecule has 21 heavy (non-hydrogen) atoms. The van der Waals surface area contributed by atoms with Gasteiger partial charge in [-0.3, -0.25) is 9.48 Å². The fraction of sp³-hybridized carbons (Fsp3) is 0.750. The molecule has 1 amide bonds. The number of aryl methyl sites for hydroxylation is 1. The smallest absolute Gasteiger partial charge is 0.257 e. The van der Waals surface area contributed by atoms with E-state index < -0.39 is 0 Å². The number of hydrogen-bond acceptors (Lipinski definition) is 3. The highest BCUT2D eigenvalue weighted by Gasteiger charge is 2.53. The summed E-state index contributed by atoms with van der Waals surface area (Å²) in [4.78, 5) is 14.8. The molecule has 1 aromatic heterocycles. The molecule has 1 spiro atoms. The summed E-state index contributed by atoms with van der Waals surface area (Å²) in [6, 6.07) is 0. The van der Waals surface area contributed by atoms with Crippen LogP contribution >= 0.6 is 0 Å². The summed E-state index contributed by atoms with van der Waals surface area (Å²) >= 11 is 0. The lowest BCUT2D eigenvalue weighted by Crippen LogP contribution is -2.72. The van der Waals surface area contributed by atoms with Crippen LogP contribution in [0.25, 0.3) is 0 Å². The molecule has 0 saturated carbocycles. The number of rotatable bonds is 5. The fourth-order valence-corrected chi connectivity index (χ4v) is 3.18. The third kappa shape index (κ3) is 2.37. The van der Waals surface area contributed by atoms with Gasteiger partial charge >= 0.3 is 0 Å². The number of aromatic nitrogens is 2. The normalized spacial score (nSPS) is 19.7. The second-order valence-electron chi connectivity index (χ2n) is 6.69. The van der Waals surface area contributed by atoms with Gasteiger partial charge in [-0.1, -0.05) is 20.8 Å². The predicted octanol–water partition coefficient (Wildman–Crippen LogP) is 2.11. The molecule has 3 heterocycles. The Morgan fingerprint density at radius 3 is 2.71 bits per heavy atom. The first-order valence-corrected chi connectivity index (χ1v) is 8.02. The lowest BCUT2D eigenvalue weighted by atomic mass is 9.82. The van der Waals surface area contributed by atoms with E-state index in [9.17, 15) is 4.79 Å². The van der Waals surface area contributed by atoms with Gasteiger partial charge in [0, 0.05) is 13.1 Å². The van der Waals surface area contributed by atoms with E-state index in [1.165, 1.54) is 0 Å². The Balaban J connectivity index is 1.77. The lowest BCUT2D eigenvalue weighted by molar-refractivity contribution is -0.172. The zero-order valence-corrected chi connectivity index (χ0v) is 13.3. The summed E-state index contributed by atoms with van der Waals surface area (Å²) < 4.78 is 7.32. The van der Waals surface area contributed by atoms with Crippen LogP contribution in [0.5, 0.6) is 0 Å². The SMILES string of the molecule is CCc1c(C(=O)N2CCC23COC3)cnn1CCC(C)C. The monoisotopic (exact) mass is 291 g/mol. The van der Waals surface area contributed by atoms with Gasteiger partial charge in [-0.25, -0.2) is 0 Å². The van der Waals surface area contributed by atoms with E-state index >= 15 is 0 Å². The van der Waals surface area contributed by atoms with Crippen molar-refractivity contribution in [3.05, 3.63) is 17.5 Å². The molecule has 5 nitrogen and oxygen atoms in total. The molecule has 0 N–H and O–H groups in total. The summed E-state index contributed by atoms with van der Waals surface area (Å²) in [5, 5.41) is 4.45. The third-order valence-electron chi connectivity index (χ3n) is 4.79. The van der Waals surface area contributed by atoms with Crippen molar-refractivity contribution in [3.8, 4) is 0 Å². The second kappa shape index (κ2) is 5.44. The minimum absolute atomic E-state index is 0.00211. The van der Waals surface area contributed by atoms with E-state index in [2.05, 4.69) is 25.9 Å². The molecular formula is C16H25N3O2. The Labute approximate surface area is 126 Å². The van der Waals surface area contributed by atoms with Gasteiger partial charge in [0.2, 0.25) is 0 Å². The molecule has 0 aliphatic carbocycles.